The summed E-state index contributed by atoms with van der Waals surface area (Å²) in [6, 6.07) is 10.9. The highest BCUT2D eigenvalue weighted by molar-refractivity contribution is 14.0. The van der Waals surface area contributed by atoms with Crippen molar-refractivity contribution in [1.29, 1.82) is 0 Å². The first-order valence-electron chi connectivity index (χ1n) is 9.85. The molecule has 30 heavy (non-hydrogen) atoms. The van der Waals surface area contributed by atoms with E-state index in [0.717, 1.165) is 36.7 Å². The predicted octanol–water partition coefficient (Wildman–Crippen LogP) is 4.20. The molecular formula is C21H28FIN6S. The second kappa shape index (κ2) is 12.6. The topological polar surface area (TPSA) is 67.1 Å². The average molecular weight is 542 g/mol. The zero-order valence-electron chi connectivity index (χ0n) is 17.2. The molecule has 0 aliphatic heterocycles. The van der Waals surface area contributed by atoms with Crippen LogP contribution in [0, 0.1) is 5.82 Å². The quantitative estimate of drug-likeness (QED) is 0.242. The third-order valence-electron chi connectivity index (χ3n) is 4.56. The van der Waals surface area contributed by atoms with Crippen molar-refractivity contribution in [2.75, 3.05) is 13.1 Å². The number of hydrogen-bond acceptors (Lipinski definition) is 4. The Hall–Kier alpha value is -2.01. The Balaban J connectivity index is 0.00000320. The van der Waals surface area contributed by atoms with Gasteiger partial charge in [-0.1, -0.05) is 25.1 Å². The molecule has 1 aromatic carbocycles. The second-order valence-electron chi connectivity index (χ2n) is 6.71. The van der Waals surface area contributed by atoms with E-state index in [4.69, 9.17) is 4.99 Å². The van der Waals surface area contributed by atoms with Crippen molar-refractivity contribution >= 4 is 41.3 Å². The number of benzene rings is 1. The maximum atomic E-state index is 13.1. The first kappa shape index (κ1) is 24.3. The van der Waals surface area contributed by atoms with Crippen LogP contribution in [-0.2, 0) is 19.4 Å². The van der Waals surface area contributed by atoms with E-state index in [-0.39, 0.29) is 35.8 Å². The van der Waals surface area contributed by atoms with Gasteiger partial charge in [-0.3, -0.25) is 4.99 Å². The summed E-state index contributed by atoms with van der Waals surface area (Å²) in [5.41, 5.74) is 1.07. The van der Waals surface area contributed by atoms with Crippen LogP contribution in [0.15, 0.2) is 53.1 Å². The van der Waals surface area contributed by atoms with Crippen LogP contribution in [0.2, 0.25) is 0 Å². The molecule has 0 spiro atoms. The van der Waals surface area contributed by atoms with Gasteiger partial charge in [-0.15, -0.1) is 45.5 Å². The minimum atomic E-state index is -0.216. The van der Waals surface area contributed by atoms with E-state index in [1.165, 1.54) is 17.0 Å². The van der Waals surface area contributed by atoms with E-state index >= 15 is 0 Å². The number of thiophene rings is 1. The van der Waals surface area contributed by atoms with Crippen LogP contribution >= 0.6 is 35.3 Å². The molecular weight excluding hydrogens is 514 g/mol. The van der Waals surface area contributed by atoms with Crippen molar-refractivity contribution in [2.24, 2.45) is 4.99 Å². The van der Waals surface area contributed by atoms with Crippen molar-refractivity contribution < 1.29 is 4.39 Å². The highest BCUT2D eigenvalue weighted by Crippen LogP contribution is 2.17. The van der Waals surface area contributed by atoms with Gasteiger partial charge >= 0.3 is 0 Å². The summed E-state index contributed by atoms with van der Waals surface area (Å²) in [5.74, 6) is 1.52. The molecule has 1 unspecified atom stereocenters. The number of nitrogens with zero attached hydrogens (tertiary/aromatic N) is 4. The number of halogens is 2. The zero-order chi connectivity index (χ0) is 20.5. The Labute approximate surface area is 198 Å². The van der Waals surface area contributed by atoms with Gasteiger partial charge in [0.1, 0.15) is 18.0 Å². The van der Waals surface area contributed by atoms with E-state index in [0.29, 0.717) is 13.1 Å². The molecule has 2 aromatic heterocycles. The smallest absolute Gasteiger partial charge is 0.191 e. The molecule has 0 radical (unpaired) electrons. The average Bonchev–Trinajstić information content (AvgIpc) is 3.41. The van der Waals surface area contributed by atoms with Crippen LogP contribution in [0.3, 0.4) is 0 Å². The lowest BCUT2D eigenvalue weighted by Gasteiger charge is -2.18. The number of guanidine groups is 1. The normalized spacial score (nSPS) is 12.3. The Morgan fingerprint density at radius 2 is 2.07 bits per heavy atom. The molecule has 2 heterocycles. The van der Waals surface area contributed by atoms with Crippen LogP contribution in [0.25, 0.3) is 0 Å². The molecule has 3 aromatic rings. The zero-order valence-corrected chi connectivity index (χ0v) is 20.4. The SMILES string of the molecule is CCc1nncn1CCNC(=NCCc1ccc(F)cc1)NC(C)c1cccs1.I. The van der Waals surface area contributed by atoms with Crippen molar-refractivity contribution in [1.82, 2.24) is 25.4 Å². The third kappa shape index (κ3) is 7.35. The van der Waals surface area contributed by atoms with Gasteiger partial charge in [0.25, 0.3) is 0 Å². The Morgan fingerprint density at radius 1 is 1.27 bits per heavy atom. The summed E-state index contributed by atoms with van der Waals surface area (Å²) in [4.78, 5) is 5.97. The fourth-order valence-corrected chi connectivity index (χ4v) is 3.68. The molecule has 1 atom stereocenters. The lowest BCUT2D eigenvalue weighted by molar-refractivity contribution is 0.620. The van der Waals surface area contributed by atoms with E-state index < -0.39 is 0 Å². The van der Waals surface area contributed by atoms with E-state index in [1.54, 1.807) is 29.8 Å². The molecule has 0 saturated carbocycles. The summed E-state index contributed by atoms with van der Waals surface area (Å²) in [6.07, 6.45) is 3.37. The third-order valence-corrected chi connectivity index (χ3v) is 5.62. The molecule has 0 bridgehead atoms. The van der Waals surface area contributed by atoms with Crippen LogP contribution in [0.5, 0.6) is 0 Å². The largest absolute Gasteiger partial charge is 0.355 e. The van der Waals surface area contributed by atoms with Crippen LogP contribution in [0.1, 0.15) is 36.2 Å². The van der Waals surface area contributed by atoms with Crippen molar-refractivity contribution in [3.8, 4) is 0 Å². The summed E-state index contributed by atoms with van der Waals surface area (Å²) in [6.45, 7) is 6.29. The van der Waals surface area contributed by atoms with Crippen molar-refractivity contribution in [3.63, 3.8) is 0 Å². The fraction of sp³-hybridized carbons (Fsp3) is 0.381. The molecule has 6 nitrogen and oxygen atoms in total. The van der Waals surface area contributed by atoms with E-state index in [1.807, 2.05) is 4.57 Å². The lowest BCUT2D eigenvalue weighted by Crippen LogP contribution is -2.40. The number of hydrogen-bond donors (Lipinski definition) is 2. The molecule has 0 fully saturated rings. The van der Waals surface area contributed by atoms with Gasteiger partial charge in [0.15, 0.2) is 5.96 Å². The predicted molar refractivity (Wildman–Crippen MR) is 131 cm³/mol. The van der Waals surface area contributed by atoms with Gasteiger partial charge in [-0.05, 0) is 42.5 Å². The number of aliphatic imine (C=N–C) groups is 1. The van der Waals surface area contributed by atoms with Gasteiger partial charge in [0.2, 0.25) is 0 Å². The molecule has 0 aliphatic carbocycles. The highest BCUT2D eigenvalue weighted by atomic mass is 127. The summed E-state index contributed by atoms with van der Waals surface area (Å²) < 4.78 is 15.1. The first-order chi connectivity index (χ1) is 14.2. The molecule has 0 saturated heterocycles. The van der Waals surface area contributed by atoms with Crippen molar-refractivity contribution in [3.05, 3.63) is 70.2 Å². The van der Waals surface area contributed by atoms with Crippen LogP contribution in [0.4, 0.5) is 4.39 Å². The maximum absolute atomic E-state index is 13.1. The summed E-state index contributed by atoms with van der Waals surface area (Å²) >= 11 is 1.72. The summed E-state index contributed by atoms with van der Waals surface area (Å²) in [5, 5.41) is 17.0. The second-order valence-corrected chi connectivity index (χ2v) is 7.69. The van der Waals surface area contributed by atoms with Gasteiger partial charge < -0.3 is 15.2 Å². The standard InChI is InChI=1S/C21H27FN6S.HI/c1-3-20-27-25-15-28(20)13-12-24-21(26-16(2)19-5-4-14-29-19)23-11-10-17-6-8-18(22)9-7-17;/h4-9,14-16H,3,10-13H2,1-2H3,(H2,23,24,26);1H. The van der Waals surface area contributed by atoms with E-state index in [9.17, 15) is 4.39 Å². The van der Waals surface area contributed by atoms with Crippen LogP contribution < -0.4 is 10.6 Å². The summed E-state index contributed by atoms with van der Waals surface area (Å²) in [7, 11) is 0. The molecule has 9 heteroatoms. The molecule has 0 aliphatic rings. The minimum absolute atomic E-state index is 0. The van der Waals surface area contributed by atoms with Crippen LogP contribution in [-0.4, -0.2) is 33.8 Å². The Kier molecular flexibility index (Phi) is 10.2. The monoisotopic (exact) mass is 542 g/mol. The molecule has 3 rings (SSSR count). The number of aryl methyl sites for hydroxylation is 1. The molecule has 162 valence electrons. The highest BCUT2D eigenvalue weighted by Gasteiger charge is 2.09. The van der Waals surface area contributed by atoms with Gasteiger partial charge in [0.05, 0.1) is 6.04 Å². The first-order valence-corrected chi connectivity index (χ1v) is 10.7. The fourth-order valence-electron chi connectivity index (χ4n) is 2.95. The lowest BCUT2D eigenvalue weighted by atomic mass is 10.1. The Bertz CT molecular complexity index is 895. The Morgan fingerprint density at radius 3 is 2.77 bits per heavy atom. The number of aromatic nitrogens is 3. The van der Waals surface area contributed by atoms with Crippen molar-refractivity contribution in [2.45, 2.75) is 39.3 Å². The molecule has 0 amide bonds. The van der Waals surface area contributed by atoms with Gasteiger partial charge in [0, 0.05) is 30.9 Å². The minimum Gasteiger partial charge on any atom is -0.355 e. The van der Waals surface area contributed by atoms with Gasteiger partial charge in [-0.25, -0.2) is 4.39 Å². The molecule has 2 N–H and O–H groups in total. The number of nitrogens with one attached hydrogen (secondary N) is 2. The maximum Gasteiger partial charge on any atom is 0.191 e. The van der Waals surface area contributed by atoms with Gasteiger partial charge in [-0.2, -0.15) is 0 Å². The van der Waals surface area contributed by atoms with E-state index in [2.05, 4.69) is 52.2 Å². The number of rotatable bonds is 9.